The Morgan fingerprint density at radius 3 is 2.60 bits per heavy atom. The summed E-state index contributed by atoms with van der Waals surface area (Å²) in [5.41, 5.74) is 2.37. The number of aromatic nitrogens is 3. The molecule has 1 saturated carbocycles. The first kappa shape index (κ1) is 23.7. The van der Waals surface area contributed by atoms with Crippen LogP contribution in [0.25, 0.3) is 0 Å². The van der Waals surface area contributed by atoms with Gasteiger partial charge in [0.1, 0.15) is 17.5 Å². The quantitative estimate of drug-likeness (QED) is 0.474. The summed E-state index contributed by atoms with van der Waals surface area (Å²) in [5, 5.41) is 14.3. The Labute approximate surface area is 207 Å². The Balaban J connectivity index is 1.24. The topological polar surface area (TPSA) is 107 Å². The minimum absolute atomic E-state index is 0.327. The van der Waals surface area contributed by atoms with E-state index >= 15 is 0 Å². The number of hydrogen-bond acceptors (Lipinski definition) is 10. The highest BCUT2D eigenvalue weighted by molar-refractivity contribution is 6.05. The minimum atomic E-state index is 0.327. The number of nitrogens with one attached hydrogen (secondary N) is 3. The summed E-state index contributed by atoms with van der Waals surface area (Å²) < 4.78 is 5.46. The fraction of sp³-hybridized carbons (Fsp3) is 0.600. The maximum atomic E-state index is 5.46. The molecule has 35 heavy (non-hydrogen) atoms. The standard InChI is InChI=1S/C25H37N9O/c1-17(2)21-13-20(35-32-21)16-28-25-30-23(26-6-7-34-10-8-33(3)9-11-34)14-24(31-25)29-22-12-19(15-27-22)18-4-5-18/h12-14,17-18H,4-11,15-16H2,1-3H3,(H3,26,27,28,29,30,31). The predicted octanol–water partition coefficient (Wildman–Crippen LogP) is 3.02. The fourth-order valence-corrected chi connectivity index (χ4v) is 4.30. The molecule has 0 radical (unpaired) electrons. The summed E-state index contributed by atoms with van der Waals surface area (Å²) in [4.78, 5) is 18.9. The lowest BCUT2D eigenvalue weighted by Crippen LogP contribution is -2.45. The van der Waals surface area contributed by atoms with Crippen molar-refractivity contribution >= 4 is 23.4 Å². The van der Waals surface area contributed by atoms with Crippen LogP contribution in [0.4, 0.5) is 17.6 Å². The van der Waals surface area contributed by atoms with Gasteiger partial charge in [0.2, 0.25) is 5.95 Å². The second kappa shape index (κ2) is 10.7. The number of amidine groups is 1. The fourth-order valence-electron chi connectivity index (χ4n) is 4.30. The predicted molar refractivity (Wildman–Crippen MR) is 139 cm³/mol. The molecule has 10 heteroatoms. The van der Waals surface area contributed by atoms with Gasteiger partial charge in [0.15, 0.2) is 5.76 Å². The molecule has 188 valence electrons. The molecule has 2 aliphatic heterocycles. The molecule has 3 aliphatic rings. The van der Waals surface area contributed by atoms with E-state index in [0.29, 0.717) is 18.4 Å². The molecule has 0 aromatic carbocycles. The molecule has 1 aliphatic carbocycles. The summed E-state index contributed by atoms with van der Waals surface area (Å²) >= 11 is 0. The number of rotatable bonds is 10. The van der Waals surface area contributed by atoms with E-state index < -0.39 is 0 Å². The second-order valence-corrected chi connectivity index (χ2v) is 10.1. The van der Waals surface area contributed by atoms with E-state index in [-0.39, 0.29) is 0 Å². The molecule has 0 spiro atoms. The lowest BCUT2D eigenvalue weighted by molar-refractivity contribution is 0.158. The van der Waals surface area contributed by atoms with Gasteiger partial charge >= 0.3 is 0 Å². The number of hydrogen-bond donors (Lipinski definition) is 3. The summed E-state index contributed by atoms with van der Waals surface area (Å²) in [6.45, 7) is 11.7. The monoisotopic (exact) mass is 479 g/mol. The van der Waals surface area contributed by atoms with Gasteiger partial charge in [0.25, 0.3) is 0 Å². The molecule has 0 unspecified atom stereocenters. The van der Waals surface area contributed by atoms with Gasteiger partial charge in [-0.25, -0.2) is 0 Å². The van der Waals surface area contributed by atoms with Crippen molar-refractivity contribution < 1.29 is 4.52 Å². The molecule has 0 bridgehead atoms. The maximum absolute atomic E-state index is 5.46. The average molecular weight is 480 g/mol. The van der Waals surface area contributed by atoms with Crippen molar-refractivity contribution in [2.45, 2.75) is 39.2 Å². The molecule has 4 heterocycles. The van der Waals surface area contributed by atoms with Gasteiger partial charge in [-0.05, 0) is 43.4 Å². The zero-order chi connectivity index (χ0) is 24.2. The Bertz CT molecular complexity index is 1060. The van der Waals surface area contributed by atoms with Gasteiger partial charge in [0, 0.05) is 51.4 Å². The van der Waals surface area contributed by atoms with Crippen LogP contribution < -0.4 is 16.0 Å². The lowest BCUT2D eigenvalue weighted by Gasteiger charge is -2.32. The van der Waals surface area contributed by atoms with Crippen molar-refractivity contribution in [1.82, 2.24) is 24.9 Å². The SMILES string of the molecule is CC(C)c1cc(CNc2nc(NCCN3CCN(C)CC3)cc(NC3=NCC(C4CC4)=C3)n2)on1. The van der Waals surface area contributed by atoms with E-state index in [2.05, 4.69) is 67.9 Å². The first-order valence-corrected chi connectivity index (χ1v) is 12.8. The largest absolute Gasteiger partial charge is 0.369 e. The highest BCUT2D eigenvalue weighted by Gasteiger charge is 2.28. The smallest absolute Gasteiger partial charge is 0.227 e. The Morgan fingerprint density at radius 2 is 1.86 bits per heavy atom. The van der Waals surface area contributed by atoms with E-state index in [4.69, 9.17) is 9.51 Å². The van der Waals surface area contributed by atoms with Crippen molar-refractivity contribution in [1.29, 1.82) is 0 Å². The third-order valence-corrected chi connectivity index (χ3v) is 6.76. The van der Waals surface area contributed by atoms with Crippen LogP contribution in [0.1, 0.15) is 44.1 Å². The number of nitrogens with zero attached hydrogens (tertiary/aromatic N) is 6. The van der Waals surface area contributed by atoms with Crippen LogP contribution in [-0.4, -0.2) is 83.6 Å². The van der Waals surface area contributed by atoms with Gasteiger partial charge in [-0.3, -0.25) is 9.89 Å². The van der Waals surface area contributed by atoms with E-state index in [1.807, 2.05) is 12.1 Å². The highest BCUT2D eigenvalue weighted by Crippen LogP contribution is 2.37. The van der Waals surface area contributed by atoms with Crippen molar-refractivity contribution in [3.63, 3.8) is 0 Å². The molecular weight excluding hydrogens is 442 g/mol. The summed E-state index contributed by atoms with van der Waals surface area (Å²) in [7, 11) is 2.18. The molecule has 2 fully saturated rings. The van der Waals surface area contributed by atoms with Gasteiger partial charge in [-0.15, -0.1) is 0 Å². The summed E-state index contributed by atoms with van der Waals surface area (Å²) in [6, 6.07) is 3.93. The number of aliphatic imine (C=N–C) groups is 1. The molecule has 3 N–H and O–H groups in total. The van der Waals surface area contributed by atoms with Gasteiger partial charge in [0.05, 0.1) is 18.8 Å². The van der Waals surface area contributed by atoms with Crippen LogP contribution in [-0.2, 0) is 6.54 Å². The molecule has 5 rings (SSSR count). The number of piperazine rings is 1. The second-order valence-electron chi connectivity index (χ2n) is 10.1. The van der Waals surface area contributed by atoms with Gasteiger partial charge in [-0.2, -0.15) is 9.97 Å². The summed E-state index contributed by atoms with van der Waals surface area (Å²) in [6.07, 6.45) is 4.75. The van der Waals surface area contributed by atoms with E-state index in [1.54, 1.807) is 0 Å². The molecular formula is C25H37N9O. The van der Waals surface area contributed by atoms with Crippen LogP contribution in [0.5, 0.6) is 0 Å². The van der Waals surface area contributed by atoms with Crippen LogP contribution in [0.2, 0.25) is 0 Å². The van der Waals surface area contributed by atoms with E-state index in [9.17, 15) is 0 Å². The van der Waals surface area contributed by atoms with Crippen LogP contribution >= 0.6 is 0 Å². The molecule has 2 aromatic rings. The first-order valence-electron chi connectivity index (χ1n) is 12.8. The Morgan fingerprint density at radius 1 is 1.06 bits per heavy atom. The average Bonchev–Trinajstić information content (AvgIpc) is 3.39. The molecule has 2 aromatic heterocycles. The highest BCUT2D eigenvalue weighted by atomic mass is 16.5. The van der Waals surface area contributed by atoms with Crippen molar-refractivity contribution in [3.8, 4) is 0 Å². The van der Waals surface area contributed by atoms with Crippen molar-refractivity contribution in [2.24, 2.45) is 10.9 Å². The lowest BCUT2D eigenvalue weighted by atomic mass is 10.1. The van der Waals surface area contributed by atoms with Crippen LogP contribution in [0.15, 0.2) is 33.3 Å². The van der Waals surface area contributed by atoms with Crippen molar-refractivity contribution in [2.75, 3.05) is 68.8 Å². The number of likely N-dealkylation sites (N-methyl/N-ethyl adjacent to an activating group) is 1. The normalized spacial score (nSPS) is 19.1. The summed E-state index contributed by atoms with van der Waals surface area (Å²) in [5.74, 6) is 4.72. The number of anilines is 3. The molecule has 0 atom stereocenters. The first-order chi connectivity index (χ1) is 17.0. The van der Waals surface area contributed by atoms with Crippen molar-refractivity contribution in [3.05, 3.63) is 35.2 Å². The molecule has 10 nitrogen and oxygen atoms in total. The molecule has 0 amide bonds. The van der Waals surface area contributed by atoms with Crippen LogP contribution in [0, 0.1) is 5.92 Å². The molecule has 1 saturated heterocycles. The zero-order valence-electron chi connectivity index (χ0n) is 21.0. The zero-order valence-corrected chi connectivity index (χ0v) is 21.0. The maximum Gasteiger partial charge on any atom is 0.227 e. The third-order valence-electron chi connectivity index (χ3n) is 6.76. The van der Waals surface area contributed by atoms with Gasteiger partial charge in [-0.1, -0.05) is 19.0 Å². The van der Waals surface area contributed by atoms with E-state index in [1.165, 1.54) is 18.4 Å². The Kier molecular flexibility index (Phi) is 7.29. The third kappa shape index (κ3) is 6.58. The van der Waals surface area contributed by atoms with Gasteiger partial charge < -0.3 is 25.4 Å². The Hall–Kier alpha value is -2.98. The van der Waals surface area contributed by atoms with Crippen LogP contribution in [0.3, 0.4) is 0 Å². The minimum Gasteiger partial charge on any atom is -0.369 e. The van der Waals surface area contributed by atoms with E-state index in [0.717, 1.165) is 80.7 Å².